The van der Waals surface area contributed by atoms with Gasteiger partial charge in [-0.2, -0.15) is 0 Å². The van der Waals surface area contributed by atoms with Crippen LogP contribution in [0.15, 0.2) is 34.8 Å². The van der Waals surface area contributed by atoms with E-state index in [-0.39, 0.29) is 5.82 Å². The summed E-state index contributed by atoms with van der Waals surface area (Å²) in [7, 11) is 4.99. The van der Waals surface area contributed by atoms with E-state index in [4.69, 9.17) is 9.47 Å². The van der Waals surface area contributed by atoms with E-state index < -0.39 is 0 Å². The van der Waals surface area contributed by atoms with Gasteiger partial charge in [-0.3, -0.25) is 0 Å². The Labute approximate surface area is 132 Å². The monoisotopic (exact) mass is 353 g/mol. The van der Waals surface area contributed by atoms with Crippen molar-refractivity contribution in [3.05, 3.63) is 46.2 Å². The maximum Gasteiger partial charge on any atom is 0.161 e. The van der Waals surface area contributed by atoms with Crippen LogP contribution in [0, 0.1) is 5.82 Å². The lowest BCUT2D eigenvalue weighted by molar-refractivity contribution is 0.354. The summed E-state index contributed by atoms with van der Waals surface area (Å²) in [6.07, 6.45) is 0. The third-order valence-electron chi connectivity index (χ3n) is 3.22. The van der Waals surface area contributed by atoms with Gasteiger partial charge in [-0.15, -0.1) is 0 Å². The smallest absolute Gasteiger partial charge is 0.161 e. The molecule has 112 valence electrons. The lowest BCUT2D eigenvalue weighted by Crippen LogP contribution is -2.07. The molecule has 0 aliphatic carbocycles. The Bertz CT molecular complexity index is 646. The topological polar surface area (TPSA) is 30.5 Å². The van der Waals surface area contributed by atoms with E-state index in [2.05, 4.69) is 21.2 Å². The highest BCUT2D eigenvalue weighted by Crippen LogP contribution is 2.37. The molecule has 0 aromatic heterocycles. The van der Waals surface area contributed by atoms with Crippen molar-refractivity contribution >= 4 is 15.9 Å². The Hall–Kier alpha value is -1.59. The van der Waals surface area contributed by atoms with Crippen molar-refractivity contribution in [3.8, 4) is 22.6 Å². The predicted octanol–water partition coefficient (Wildman–Crippen LogP) is 3.99. The maximum absolute atomic E-state index is 14.4. The molecule has 0 aliphatic rings. The lowest BCUT2D eigenvalue weighted by Gasteiger charge is -2.16. The minimum absolute atomic E-state index is 0.290. The molecule has 0 heterocycles. The van der Waals surface area contributed by atoms with Gasteiger partial charge in [0.25, 0.3) is 0 Å². The van der Waals surface area contributed by atoms with Gasteiger partial charge in [-0.05, 0) is 52.3 Å². The first-order chi connectivity index (χ1) is 10.1. The van der Waals surface area contributed by atoms with Gasteiger partial charge in [0.15, 0.2) is 11.5 Å². The fraction of sp³-hybridized carbons (Fsp3) is 0.250. The van der Waals surface area contributed by atoms with E-state index in [1.807, 2.05) is 19.2 Å². The number of nitrogens with one attached hydrogen (secondary N) is 1. The zero-order chi connectivity index (χ0) is 15.4. The lowest BCUT2D eigenvalue weighted by atomic mass is 9.98. The van der Waals surface area contributed by atoms with Crippen molar-refractivity contribution in [3.63, 3.8) is 0 Å². The van der Waals surface area contributed by atoms with Gasteiger partial charge >= 0.3 is 0 Å². The van der Waals surface area contributed by atoms with E-state index >= 15 is 0 Å². The Morgan fingerprint density at radius 1 is 1.10 bits per heavy atom. The van der Waals surface area contributed by atoms with Crippen LogP contribution in [0.4, 0.5) is 4.39 Å². The van der Waals surface area contributed by atoms with Crippen LogP contribution in [0.2, 0.25) is 0 Å². The third kappa shape index (κ3) is 3.19. The molecule has 0 saturated heterocycles. The molecule has 2 aromatic rings. The second-order valence-corrected chi connectivity index (χ2v) is 5.35. The predicted molar refractivity (Wildman–Crippen MR) is 85.4 cm³/mol. The Balaban J connectivity index is 2.68. The average molecular weight is 354 g/mol. The van der Waals surface area contributed by atoms with Gasteiger partial charge in [0, 0.05) is 12.1 Å². The minimum Gasteiger partial charge on any atom is -0.493 e. The Kier molecular flexibility index (Phi) is 5.20. The minimum atomic E-state index is -0.290. The van der Waals surface area contributed by atoms with Crippen molar-refractivity contribution in [2.24, 2.45) is 0 Å². The molecule has 21 heavy (non-hydrogen) atoms. The number of methoxy groups -OCH3 is 2. The number of ether oxygens (including phenoxy) is 2. The van der Waals surface area contributed by atoms with Crippen molar-refractivity contribution in [1.29, 1.82) is 0 Å². The molecule has 0 radical (unpaired) electrons. The number of hydrogen-bond acceptors (Lipinski definition) is 3. The van der Waals surface area contributed by atoms with Gasteiger partial charge in [0.1, 0.15) is 5.82 Å². The Morgan fingerprint density at radius 3 is 2.38 bits per heavy atom. The molecule has 2 rings (SSSR count). The zero-order valence-electron chi connectivity index (χ0n) is 12.2. The third-order valence-corrected chi connectivity index (χ3v) is 3.83. The summed E-state index contributed by atoms with van der Waals surface area (Å²) < 4.78 is 25.5. The van der Waals surface area contributed by atoms with Gasteiger partial charge < -0.3 is 14.8 Å². The zero-order valence-corrected chi connectivity index (χ0v) is 13.8. The molecule has 0 aliphatic heterocycles. The SMILES string of the molecule is CNCc1cc(OC)c(OC)cc1-c1cccc(Br)c1F. The van der Waals surface area contributed by atoms with E-state index in [0.717, 1.165) is 11.1 Å². The van der Waals surface area contributed by atoms with Crippen molar-refractivity contribution in [1.82, 2.24) is 5.32 Å². The summed E-state index contributed by atoms with van der Waals surface area (Å²) in [5.74, 6) is 0.913. The van der Waals surface area contributed by atoms with Crippen LogP contribution in [0.3, 0.4) is 0 Å². The van der Waals surface area contributed by atoms with Crippen LogP contribution >= 0.6 is 15.9 Å². The number of halogens is 2. The van der Waals surface area contributed by atoms with E-state index in [0.29, 0.717) is 28.1 Å². The first-order valence-corrected chi connectivity index (χ1v) is 7.25. The van der Waals surface area contributed by atoms with Crippen molar-refractivity contribution in [2.45, 2.75) is 6.54 Å². The molecule has 0 bridgehead atoms. The number of hydrogen-bond donors (Lipinski definition) is 1. The standard InChI is InChI=1S/C16H17BrFNO2/c1-19-9-10-7-14(20-2)15(21-3)8-12(10)11-5-4-6-13(17)16(11)18/h4-8,19H,9H2,1-3H3. The van der Waals surface area contributed by atoms with Crippen LogP contribution in [0.1, 0.15) is 5.56 Å². The van der Waals surface area contributed by atoms with E-state index in [1.54, 1.807) is 32.4 Å². The molecular formula is C16H17BrFNO2. The molecule has 3 nitrogen and oxygen atoms in total. The summed E-state index contributed by atoms with van der Waals surface area (Å²) in [5, 5.41) is 3.09. The molecule has 0 atom stereocenters. The molecule has 0 unspecified atom stereocenters. The van der Waals surface area contributed by atoms with E-state index in [1.165, 1.54) is 0 Å². The molecule has 0 fully saturated rings. The molecular weight excluding hydrogens is 337 g/mol. The molecule has 5 heteroatoms. The summed E-state index contributed by atoms with van der Waals surface area (Å²) in [6, 6.07) is 8.90. The number of rotatable bonds is 5. The van der Waals surface area contributed by atoms with Gasteiger partial charge in [-0.1, -0.05) is 12.1 Å². The highest BCUT2D eigenvalue weighted by atomic mass is 79.9. The highest BCUT2D eigenvalue weighted by Gasteiger charge is 2.16. The van der Waals surface area contributed by atoms with Crippen LogP contribution < -0.4 is 14.8 Å². The largest absolute Gasteiger partial charge is 0.493 e. The van der Waals surface area contributed by atoms with Crippen LogP contribution in [-0.4, -0.2) is 21.3 Å². The maximum atomic E-state index is 14.4. The molecule has 1 N–H and O–H groups in total. The van der Waals surface area contributed by atoms with Gasteiger partial charge in [0.2, 0.25) is 0 Å². The first kappa shape index (κ1) is 15.8. The second kappa shape index (κ2) is 6.91. The second-order valence-electron chi connectivity index (χ2n) is 4.50. The molecule has 0 spiro atoms. The van der Waals surface area contributed by atoms with E-state index in [9.17, 15) is 4.39 Å². The summed E-state index contributed by atoms with van der Waals surface area (Å²) >= 11 is 3.22. The van der Waals surface area contributed by atoms with Crippen LogP contribution in [0.25, 0.3) is 11.1 Å². The first-order valence-electron chi connectivity index (χ1n) is 6.46. The number of benzene rings is 2. The molecule has 0 amide bonds. The quantitative estimate of drug-likeness (QED) is 0.881. The van der Waals surface area contributed by atoms with Crippen LogP contribution in [-0.2, 0) is 6.54 Å². The fourth-order valence-electron chi connectivity index (χ4n) is 2.22. The summed E-state index contributed by atoms with van der Waals surface area (Å²) in [5.41, 5.74) is 2.24. The highest BCUT2D eigenvalue weighted by molar-refractivity contribution is 9.10. The van der Waals surface area contributed by atoms with Gasteiger partial charge in [0.05, 0.1) is 18.7 Å². The van der Waals surface area contributed by atoms with Gasteiger partial charge in [-0.25, -0.2) is 4.39 Å². The van der Waals surface area contributed by atoms with Crippen LogP contribution in [0.5, 0.6) is 11.5 Å². The van der Waals surface area contributed by atoms with Crippen molar-refractivity contribution < 1.29 is 13.9 Å². The normalized spacial score (nSPS) is 10.5. The fourth-order valence-corrected chi connectivity index (χ4v) is 2.59. The summed E-state index contributed by atoms with van der Waals surface area (Å²) in [4.78, 5) is 0. The molecule has 2 aromatic carbocycles. The average Bonchev–Trinajstić information content (AvgIpc) is 2.50. The molecule has 0 saturated carbocycles. The van der Waals surface area contributed by atoms with Crippen molar-refractivity contribution in [2.75, 3.05) is 21.3 Å². The Morgan fingerprint density at radius 2 is 1.76 bits per heavy atom. The summed E-state index contributed by atoms with van der Waals surface area (Å²) in [6.45, 7) is 0.599.